The summed E-state index contributed by atoms with van der Waals surface area (Å²) in [6.07, 6.45) is 4.13. The zero-order valence-electron chi connectivity index (χ0n) is 11.2. The lowest BCUT2D eigenvalue weighted by Gasteiger charge is -2.07. The van der Waals surface area contributed by atoms with Crippen molar-refractivity contribution in [2.75, 3.05) is 11.6 Å². The molecule has 0 aliphatic rings. The molecule has 0 heterocycles. The summed E-state index contributed by atoms with van der Waals surface area (Å²) >= 11 is 1.36. The number of anilines is 1. The molecule has 1 amide bonds. The van der Waals surface area contributed by atoms with E-state index in [2.05, 4.69) is 15.6 Å². The van der Waals surface area contributed by atoms with Crippen molar-refractivity contribution in [3.8, 4) is 6.19 Å². The lowest BCUT2D eigenvalue weighted by Crippen LogP contribution is -2.12. The van der Waals surface area contributed by atoms with E-state index in [4.69, 9.17) is 5.26 Å². The summed E-state index contributed by atoms with van der Waals surface area (Å²) in [5.41, 5.74) is 2.45. The predicted molar refractivity (Wildman–Crippen MR) is 79.5 cm³/mol. The van der Waals surface area contributed by atoms with Gasteiger partial charge in [0.25, 0.3) is 0 Å². The highest BCUT2D eigenvalue weighted by Gasteiger charge is 2.03. The third-order valence-corrected chi connectivity index (χ3v) is 2.96. The van der Waals surface area contributed by atoms with Crippen LogP contribution < -0.4 is 10.6 Å². The van der Waals surface area contributed by atoms with Crippen molar-refractivity contribution in [3.05, 3.63) is 23.8 Å². The number of rotatable bonds is 3. The van der Waals surface area contributed by atoms with Crippen LogP contribution in [0.5, 0.6) is 0 Å². The Morgan fingerprint density at radius 3 is 2.79 bits per heavy atom. The maximum atomic E-state index is 11.3. The van der Waals surface area contributed by atoms with Gasteiger partial charge >= 0.3 is 0 Å². The van der Waals surface area contributed by atoms with Gasteiger partial charge in [-0.2, -0.15) is 5.26 Å². The smallest absolute Gasteiger partial charge is 0.224 e. The molecule has 0 spiro atoms. The van der Waals surface area contributed by atoms with Crippen molar-refractivity contribution in [3.63, 3.8) is 0 Å². The second-order valence-corrected chi connectivity index (χ2v) is 4.56. The van der Waals surface area contributed by atoms with Crippen LogP contribution in [0.15, 0.2) is 23.2 Å². The number of thioether (sulfide) groups is 1. The normalized spacial score (nSPS) is 10.7. The summed E-state index contributed by atoms with van der Waals surface area (Å²) in [4.78, 5) is 15.6. The Morgan fingerprint density at radius 1 is 1.53 bits per heavy atom. The van der Waals surface area contributed by atoms with E-state index in [1.165, 1.54) is 11.8 Å². The fourth-order valence-corrected chi connectivity index (χ4v) is 1.73. The molecule has 0 radical (unpaired) electrons. The second-order valence-electron chi connectivity index (χ2n) is 3.76. The van der Waals surface area contributed by atoms with Gasteiger partial charge in [-0.15, -0.1) is 0 Å². The lowest BCUT2D eigenvalue weighted by molar-refractivity contribution is -0.115. The van der Waals surface area contributed by atoms with Crippen molar-refractivity contribution in [1.29, 1.82) is 5.26 Å². The number of hydrogen-bond donors (Lipinski definition) is 2. The number of nitrogens with one attached hydrogen (secondary N) is 2. The first-order valence-corrected chi connectivity index (χ1v) is 7.01. The van der Waals surface area contributed by atoms with Crippen LogP contribution in [0, 0.1) is 18.4 Å². The van der Waals surface area contributed by atoms with Crippen LogP contribution >= 0.6 is 11.8 Å². The monoisotopic (exact) mass is 276 g/mol. The van der Waals surface area contributed by atoms with E-state index in [1.807, 2.05) is 31.5 Å². The highest BCUT2D eigenvalue weighted by atomic mass is 32.2. The Morgan fingerprint density at radius 2 is 2.26 bits per heavy atom. The van der Waals surface area contributed by atoms with Gasteiger partial charge in [-0.25, -0.2) is 4.99 Å². The summed E-state index contributed by atoms with van der Waals surface area (Å²) in [6.45, 7) is 3.71. The molecule has 0 unspecified atom stereocenters. The van der Waals surface area contributed by atoms with Gasteiger partial charge < -0.3 is 5.32 Å². The number of benzene rings is 1. The number of carbonyl (C=O) groups excluding carboxylic acids is 1. The molecule has 0 saturated carbocycles. The maximum absolute atomic E-state index is 11.3. The number of amides is 1. The average molecular weight is 276 g/mol. The highest BCUT2D eigenvalue weighted by Crippen LogP contribution is 2.23. The quantitative estimate of drug-likeness (QED) is 0.385. The Hall–Kier alpha value is -2.00. The van der Waals surface area contributed by atoms with Gasteiger partial charge in [-0.3, -0.25) is 10.1 Å². The third kappa shape index (κ3) is 4.64. The molecule has 100 valence electrons. The minimum absolute atomic E-state index is 0.0217. The van der Waals surface area contributed by atoms with Crippen LogP contribution in [0.25, 0.3) is 0 Å². The molecule has 5 nitrogen and oxygen atoms in total. The van der Waals surface area contributed by atoms with Crippen LogP contribution in [0.4, 0.5) is 11.4 Å². The molecule has 0 atom stereocenters. The molecule has 0 bridgehead atoms. The predicted octanol–water partition coefficient (Wildman–Crippen LogP) is 2.76. The molecule has 1 aromatic carbocycles. The lowest BCUT2D eigenvalue weighted by atomic mass is 10.2. The molecular formula is C13H16N4OS. The highest BCUT2D eigenvalue weighted by molar-refractivity contribution is 8.13. The molecule has 0 aliphatic carbocycles. The first kappa shape index (κ1) is 15.1. The number of aryl methyl sites for hydroxylation is 1. The molecular weight excluding hydrogens is 260 g/mol. The van der Waals surface area contributed by atoms with Gasteiger partial charge in [0.2, 0.25) is 5.91 Å². The molecule has 1 rings (SSSR count). The Balaban J connectivity index is 2.94. The van der Waals surface area contributed by atoms with E-state index in [0.29, 0.717) is 11.6 Å². The molecule has 0 aliphatic heterocycles. The van der Waals surface area contributed by atoms with Gasteiger partial charge in [0.1, 0.15) is 0 Å². The summed E-state index contributed by atoms with van der Waals surface area (Å²) in [5.74, 6) is -0.0217. The topological polar surface area (TPSA) is 77.3 Å². The van der Waals surface area contributed by atoms with Crippen molar-refractivity contribution in [2.24, 2.45) is 4.99 Å². The van der Waals surface area contributed by atoms with Crippen LogP contribution in [0.3, 0.4) is 0 Å². The Bertz CT molecular complexity index is 534. The first-order valence-electron chi connectivity index (χ1n) is 5.79. The van der Waals surface area contributed by atoms with Crippen molar-refractivity contribution in [1.82, 2.24) is 5.32 Å². The SMILES string of the molecule is CCC(=O)Nc1ccc(N=C(NC#N)SC)c(C)c1. The van der Waals surface area contributed by atoms with Gasteiger partial charge in [0.05, 0.1) is 5.69 Å². The van der Waals surface area contributed by atoms with E-state index in [1.54, 1.807) is 13.0 Å². The van der Waals surface area contributed by atoms with Crippen LogP contribution in [-0.4, -0.2) is 17.3 Å². The fourth-order valence-electron chi connectivity index (χ4n) is 1.39. The minimum atomic E-state index is -0.0217. The number of amidine groups is 1. The summed E-state index contributed by atoms with van der Waals surface area (Å²) in [5, 5.41) is 14.4. The van der Waals surface area contributed by atoms with E-state index in [0.717, 1.165) is 16.9 Å². The molecule has 0 saturated heterocycles. The molecule has 6 heteroatoms. The van der Waals surface area contributed by atoms with Crippen LogP contribution in [0.2, 0.25) is 0 Å². The molecule has 19 heavy (non-hydrogen) atoms. The summed E-state index contributed by atoms with van der Waals surface area (Å²) in [7, 11) is 0. The largest absolute Gasteiger partial charge is 0.326 e. The number of nitriles is 1. The van der Waals surface area contributed by atoms with Crippen molar-refractivity contribution >= 4 is 34.2 Å². The van der Waals surface area contributed by atoms with Gasteiger partial charge in [0, 0.05) is 12.1 Å². The fraction of sp³-hybridized carbons (Fsp3) is 0.308. The summed E-state index contributed by atoms with van der Waals surface area (Å²) in [6, 6.07) is 5.47. The van der Waals surface area contributed by atoms with E-state index >= 15 is 0 Å². The molecule has 2 N–H and O–H groups in total. The third-order valence-electron chi connectivity index (χ3n) is 2.38. The summed E-state index contributed by atoms with van der Waals surface area (Å²) < 4.78 is 0. The number of nitrogens with zero attached hydrogens (tertiary/aromatic N) is 2. The minimum Gasteiger partial charge on any atom is -0.326 e. The van der Waals surface area contributed by atoms with E-state index < -0.39 is 0 Å². The standard InChI is InChI=1S/C13H16N4OS/c1-4-12(18)16-10-5-6-11(9(2)7-10)17-13(19-3)15-8-14/h5-7H,4H2,1-3H3,(H,15,17)(H,16,18). The molecule has 0 aromatic heterocycles. The van der Waals surface area contributed by atoms with E-state index in [9.17, 15) is 4.79 Å². The maximum Gasteiger partial charge on any atom is 0.224 e. The van der Waals surface area contributed by atoms with Crippen LogP contribution in [-0.2, 0) is 4.79 Å². The second kappa shape index (κ2) is 7.44. The Kier molecular flexibility index (Phi) is 5.90. The average Bonchev–Trinajstić information content (AvgIpc) is 2.40. The van der Waals surface area contributed by atoms with Crippen LogP contribution in [0.1, 0.15) is 18.9 Å². The van der Waals surface area contributed by atoms with Gasteiger partial charge in [-0.1, -0.05) is 18.7 Å². The Labute approximate surface area is 117 Å². The van der Waals surface area contributed by atoms with Gasteiger partial charge in [0.15, 0.2) is 11.4 Å². The van der Waals surface area contributed by atoms with Gasteiger partial charge in [-0.05, 0) is 36.9 Å². The first-order chi connectivity index (χ1) is 9.10. The zero-order valence-corrected chi connectivity index (χ0v) is 12.0. The molecule has 1 aromatic rings. The number of carbonyl (C=O) groups is 1. The van der Waals surface area contributed by atoms with E-state index in [-0.39, 0.29) is 5.91 Å². The number of hydrogen-bond acceptors (Lipinski definition) is 4. The molecule has 0 fully saturated rings. The number of aliphatic imine (C=N–C) groups is 1. The van der Waals surface area contributed by atoms with Crippen molar-refractivity contribution < 1.29 is 4.79 Å². The van der Waals surface area contributed by atoms with Crippen molar-refractivity contribution in [2.45, 2.75) is 20.3 Å². The zero-order chi connectivity index (χ0) is 14.3.